The summed E-state index contributed by atoms with van der Waals surface area (Å²) in [4.78, 5) is 15.2. The number of para-hydroxylation sites is 1. The SMILES string of the molecule is CC(=O)NCCOc1cccc2ccc(C)nc12. The second kappa shape index (κ2) is 5.49. The van der Waals surface area contributed by atoms with Crippen molar-refractivity contribution in [3.05, 3.63) is 36.0 Å². The van der Waals surface area contributed by atoms with E-state index in [4.69, 9.17) is 4.74 Å². The van der Waals surface area contributed by atoms with E-state index in [1.165, 1.54) is 6.92 Å². The zero-order valence-electron chi connectivity index (χ0n) is 10.6. The number of nitrogens with one attached hydrogen (secondary N) is 1. The molecule has 94 valence electrons. The number of aryl methyl sites for hydroxylation is 1. The topological polar surface area (TPSA) is 51.2 Å². The van der Waals surface area contributed by atoms with Crippen LogP contribution in [0.5, 0.6) is 5.75 Å². The molecule has 1 amide bonds. The van der Waals surface area contributed by atoms with Crippen molar-refractivity contribution in [3.8, 4) is 5.75 Å². The van der Waals surface area contributed by atoms with E-state index in [1.807, 2.05) is 37.3 Å². The number of nitrogens with zero attached hydrogens (tertiary/aromatic N) is 1. The van der Waals surface area contributed by atoms with Gasteiger partial charge < -0.3 is 10.1 Å². The monoisotopic (exact) mass is 244 g/mol. The van der Waals surface area contributed by atoms with E-state index in [-0.39, 0.29) is 5.91 Å². The van der Waals surface area contributed by atoms with Crippen LogP contribution in [0.3, 0.4) is 0 Å². The van der Waals surface area contributed by atoms with Crippen molar-refractivity contribution in [1.29, 1.82) is 0 Å². The Morgan fingerprint density at radius 2 is 2.17 bits per heavy atom. The number of rotatable bonds is 4. The quantitative estimate of drug-likeness (QED) is 0.837. The van der Waals surface area contributed by atoms with Crippen LogP contribution >= 0.6 is 0 Å². The van der Waals surface area contributed by atoms with Gasteiger partial charge in [-0.05, 0) is 19.1 Å². The summed E-state index contributed by atoms with van der Waals surface area (Å²) in [5, 5.41) is 3.74. The molecule has 1 aromatic heterocycles. The third-order valence-corrected chi connectivity index (χ3v) is 2.56. The van der Waals surface area contributed by atoms with E-state index >= 15 is 0 Å². The lowest BCUT2D eigenvalue weighted by atomic mass is 10.2. The Labute approximate surface area is 106 Å². The van der Waals surface area contributed by atoms with E-state index in [0.717, 1.165) is 22.3 Å². The summed E-state index contributed by atoms with van der Waals surface area (Å²) in [6, 6.07) is 9.83. The first-order chi connectivity index (χ1) is 8.66. The van der Waals surface area contributed by atoms with Gasteiger partial charge in [0.15, 0.2) is 0 Å². The third kappa shape index (κ3) is 2.97. The maximum absolute atomic E-state index is 10.7. The van der Waals surface area contributed by atoms with Crippen molar-refractivity contribution in [2.75, 3.05) is 13.2 Å². The molecule has 1 heterocycles. The first-order valence-corrected chi connectivity index (χ1v) is 5.90. The van der Waals surface area contributed by atoms with Gasteiger partial charge in [-0.15, -0.1) is 0 Å². The van der Waals surface area contributed by atoms with Gasteiger partial charge in [0.05, 0.1) is 6.54 Å². The lowest BCUT2D eigenvalue weighted by Crippen LogP contribution is -2.25. The summed E-state index contributed by atoms with van der Waals surface area (Å²) < 4.78 is 5.65. The molecule has 0 unspecified atom stereocenters. The Hall–Kier alpha value is -2.10. The van der Waals surface area contributed by atoms with E-state index in [9.17, 15) is 4.79 Å². The maximum atomic E-state index is 10.7. The summed E-state index contributed by atoms with van der Waals surface area (Å²) in [5.41, 5.74) is 1.82. The van der Waals surface area contributed by atoms with Gasteiger partial charge >= 0.3 is 0 Å². The molecule has 0 radical (unpaired) electrons. The highest BCUT2D eigenvalue weighted by molar-refractivity contribution is 5.84. The van der Waals surface area contributed by atoms with E-state index in [1.54, 1.807) is 0 Å². The minimum atomic E-state index is -0.0505. The Morgan fingerprint density at radius 3 is 2.94 bits per heavy atom. The smallest absolute Gasteiger partial charge is 0.216 e. The number of hydrogen-bond acceptors (Lipinski definition) is 3. The first-order valence-electron chi connectivity index (χ1n) is 5.90. The first kappa shape index (κ1) is 12.4. The number of fused-ring (bicyclic) bond motifs is 1. The lowest BCUT2D eigenvalue weighted by molar-refractivity contribution is -0.119. The molecule has 0 spiro atoms. The van der Waals surface area contributed by atoms with Crippen LogP contribution in [0, 0.1) is 6.92 Å². The Morgan fingerprint density at radius 1 is 1.33 bits per heavy atom. The van der Waals surface area contributed by atoms with Gasteiger partial charge in [-0.3, -0.25) is 4.79 Å². The molecule has 0 aliphatic rings. The van der Waals surface area contributed by atoms with Crippen LogP contribution in [0.2, 0.25) is 0 Å². The number of pyridine rings is 1. The van der Waals surface area contributed by atoms with E-state index < -0.39 is 0 Å². The molecular weight excluding hydrogens is 228 g/mol. The van der Waals surface area contributed by atoms with Gasteiger partial charge in [-0.1, -0.05) is 18.2 Å². The summed E-state index contributed by atoms with van der Waals surface area (Å²) >= 11 is 0. The highest BCUT2D eigenvalue weighted by atomic mass is 16.5. The van der Waals surface area contributed by atoms with Gasteiger partial charge in [-0.2, -0.15) is 0 Å². The zero-order valence-corrected chi connectivity index (χ0v) is 10.6. The predicted octanol–water partition coefficient (Wildman–Crippen LogP) is 2.06. The molecule has 0 aliphatic carbocycles. The highest BCUT2D eigenvalue weighted by Gasteiger charge is 2.03. The number of carbonyl (C=O) groups is 1. The molecule has 2 rings (SSSR count). The Kier molecular flexibility index (Phi) is 3.77. The Bertz CT molecular complexity index is 567. The molecule has 0 fully saturated rings. The molecule has 18 heavy (non-hydrogen) atoms. The van der Waals surface area contributed by atoms with Crippen LogP contribution in [0.1, 0.15) is 12.6 Å². The third-order valence-electron chi connectivity index (χ3n) is 2.56. The number of amides is 1. The highest BCUT2D eigenvalue weighted by Crippen LogP contribution is 2.23. The van der Waals surface area contributed by atoms with Crippen LogP contribution < -0.4 is 10.1 Å². The van der Waals surface area contributed by atoms with Crippen molar-refractivity contribution >= 4 is 16.8 Å². The molecule has 4 heteroatoms. The molecule has 0 saturated carbocycles. The minimum Gasteiger partial charge on any atom is -0.489 e. The number of aromatic nitrogens is 1. The summed E-state index contributed by atoms with van der Waals surface area (Å²) in [5.74, 6) is 0.701. The summed E-state index contributed by atoms with van der Waals surface area (Å²) in [6.07, 6.45) is 0. The fourth-order valence-electron chi connectivity index (χ4n) is 1.72. The number of ether oxygens (including phenoxy) is 1. The Balaban J connectivity index is 2.12. The molecule has 0 aliphatic heterocycles. The minimum absolute atomic E-state index is 0.0505. The average molecular weight is 244 g/mol. The maximum Gasteiger partial charge on any atom is 0.216 e. The predicted molar refractivity (Wildman–Crippen MR) is 70.7 cm³/mol. The van der Waals surface area contributed by atoms with Gasteiger partial charge in [-0.25, -0.2) is 4.98 Å². The van der Waals surface area contributed by atoms with Crippen molar-refractivity contribution < 1.29 is 9.53 Å². The molecule has 0 saturated heterocycles. The number of hydrogen-bond donors (Lipinski definition) is 1. The zero-order chi connectivity index (χ0) is 13.0. The van der Waals surface area contributed by atoms with Crippen LogP contribution in [0.15, 0.2) is 30.3 Å². The van der Waals surface area contributed by atoms with Crippen molar-refractivity contribution in [1.82, 2.24) is 10.3 Å². The van der Waals surface area contributed by atoms with E-state index in [2.05, 4.69) is 10.3 Å². The van der Waals surface area contributed by atoms with Crippen molar-refractivity contribution in [3.63, 3.8) is 0 Å². The summed E-state index contributed by atoms with van der Waals surface area (Å²) in [7, 11) is 0. The number of carbonyl (C=O) groups excluding carboxylic acids is 1. The van der Waals surface area contributed by atoms with Gasteiger partial charge in [0.25, 0.3) is 0 Å². The van der Waals surface area contributed by atoms with Gasteiger partial charge in [0, 0.05) is 18.0 Å². The lowest BCUT2D eigenvalue weighted by Gasteiger charge is -2.09. The molecule has 0 atom stereocenters. The molecular formula is C14H16N2O2. The second-order valence-corrected chi connectivity index (χ2v) is 4.11. The van der Waals surface area contributed by atoms with Crippen LogP contribution in [0.25, 0.3) is 10.9 Å². The van der Waals surface area contributed by atoms with E-state index in [0.29, 0.717) is 13.2 Å². The fraction of sp³-hybridized carbons (Fsp3) is 0.286. The number of benzene rings is 1. The molecule has 0 bridgehead atoms. The van der Waals surface area contributed by atoms with Gasteiger partial charge in [0.1, 0.15) is 17.9 Å². The second-order valence-electron chi connectivity index (χ2n) is 4.11. The van der Waals surface area contributed by atoms with Crippen molar-refractivity contribution in [2.45, 2.75) is 13.8 Å². The van der Waals surface area contributed by atoms with Gasteiger partial charge in [0.2, 0.25) is 5.91 Å². The van der Waals surface area contributed by atoms with Crippen LogP contribution in [-0.2, 0) is 4.79 Å². The molecule has 2 aromatic rings. The van der Waals surface area contributed by atoms with Crippen LogP contribution in [0.4, 0.5) is 0 Å². The summed E-state index contributed by atoms with van der Waals surface area (Å²) in [6.45, 7) is 4.38. The molecule has 1 aromatic carbocycles. The largest absolute Gasteiger partial charge is 0.489 e. The normalized spacial score (nSPS) is 10.3. The average Bonchev–Trinajstić information content (AvgIpc) is 2.34. The molecule has 4 nitrogen and oxygen atoms in total. The standard InChI is InChI=1S/C14H16N2O2/c1-10-6-7-12-4-3-5-13(14(12)16-10)18-9-8-15-11(2)17/h3-7H,8-9H2,1-2H3,(H,15,17). The fourth-order valence-corrected chi connectivity index (χ4v) is 1.72. The van der Waals surface area contributed by atoms with Crippen molar-refractivity contribution in [2.24, 2.45) is 0 Å². The van der Waals surface area contributed by atoms with Crippen LogP contribution in [-0.4, -0.2) is 24.0 Å². The molecule has 1 N–H and O–H groups in total.